The number of nitro benzene ring substituents is 2. The average molecular weight is 462 g/mol. The highest BCUT2D eigenvalue weighted by Gasteiger charge is 2.33. The van der Waals surface area contributed by atoms with Crippen LogP contribution in [0.2, 0.25) is 0 Å². The number of Topliss-reactive ketones (excluding diaryl/α,β-unsaturated/α-hetero) is 1. The monoisotopic (exact) mass is 462 g/mol. The summed E-state index contributed by atoms with van der Waals surface area (Å²) in [6.45, 7) is 3.74. The molecule has 0 bridgehead atoms. The van der Waals surface area contributed by atoms with Gasteiger partial charge in [-0.2, -0.15) is 0 Å². The van der Waals surface area contributed by atoms with E-state index in [0.717, 1.165) is 18.2 Å². The lowest BCUT2D eigenvalue weighted by atomic mass is 9.94. The van der Waals surface area contributed by atoms with E-state index in [-0.39, 0.29) is 22.3 Å². The lowest BCUT2D eigenvalue weighted by Gasteiger charge is -2.20. The Kier molecular flexibility index (Phi) is 7.12. The first-order valence-corrected chi connectivity index (χ1v) is 9.79. The largest absolute Gasteiger partial charge is 0.497 e. The molecule has 10 heteroatoms. The molecule has 0 radical (unpaired) electrons. The van der Waals surface area contributed by atoms with E-state index in [1.54, 1.807) is 30.3 Å². The van der Waals surface area contributed by atoms with Gasteiger partial charge in [-0.05, 0) is 42.5 Å². The highest BCUT2D eigenvalue weighted by atomic mass is 16.6. The second kappa shape index (κ2) is 10.2. The number of non-ortho nitro benzene ring substituents is 1. The number of hydrogen-bond donors (Lipinski definition) is 0. The molecule has 0 heterocycles. The van der Waals surface area contributed by atoms with Crippen molar-refractivity contribution in [1.82, 2.24) is 0 Å². The lowest BCUT2D eigenvalue weighted by Crippen LogP contribution is -2.19. The number of carbonyl (C=O) groups is 2. The average Bonchev–Trinajstić information content (AvgIpc) is 2.86. The van der Waals surface area contributed by atoms with Crippen molar-refractivity contribution in [1.29, 1.82) is 0 Å². The zero-order valence-corrected chi connectivity index (χ0v) is 17.9. The predicted octanol–water partition coefficient (Wildman–Crippen LogP) is 4.85. The smallest absolute Gasteiger partial charge is 0.339 e. The number of methoxy groups -OCH3 is 1. The van der Waals surface area contributed by atoms with Crippen molar-refractivity contribution >= 4 is 23.1 Å². The van der Waals surface area contributed by atoms with Gasteiger partial charge in [0, 0.05) is 17.2 Å². The zero-order chi connectivity index (χ0) is 24.8. The van der Waals surface area contributed by atoms with Crippen molar-refractivity contribution < 1.29 is 28.9 Å². The van der Waals surface area contributed by atoms with Crippen LogP contribution in [-0.4, -0.2) is 28.7 Å². The minimum atomic E-state index is -1.58. The number of rotatable bonds is 9. The van der Waals surface area contributed by atoms with E-state index in [1.165, 1.54) is 31.4 Å². The summed E-state index contributed by atoms with van der Waals surface area (Å²) in [4.78, 5) is 47.1. The van der Waals surface area contributed by atoms with Gasteiger partial charge >= 0.3 is 5.97 Å². The van der Waals surface area contributed by atoms with Crippen LogP contribution in [-0.2, 0) is 4.74 Å². The second-order valence-corrected chi connectivity index (χ2v) is 6.99. The number of ketones is 1. The molecule has 0 N–H and O–H groups in total. The van der Waals surface area contributed by atoms with E-state index >= 15 is 0 Å². The molecule has 0 amide bonds. The Labute approximate surface area is 193 Å². The molecule has 10 nitrogen and oxygen atoms in total. The summed E-state index contributed by atoms with van der Waals surface area (Å²) in [6.07, 6.45) is -1.58. The molecule has 3 aromatic carbocycles. The van der Waals surface area contributed by atoms with E-state index in [1.807, 2.05) is 0 Å². The van der Waals surface area contributed by atoms with Crippen LogP contribution in [0.25, 0.3) is 0 Å². The molecule has 3 rings (SSSR count). The van der Waals surface area contributed by atoms with E-state index in [0.29, 0.717) is 5.75 Å². The maximum Gasteiger partial charge on any atom is 0.339 e. The number of nitro groups is 2. The Morgan fingerprint density at radius 3 is 2.09 bits per heavy atom. The van der Waals surface area contributed by atoms with Crippen LogP contribution < -0.4 is 4.74 Å². The molecule has 34 heavy (non-hydrogen) atoms. The van der Waals surface area contributed by atoms with Gasteiger partial charge in [-0.25, -0.2) is 4.79 Å². The molecule has 0 spiro atoms. The summed E-state index contributed by atoms with van der Waals surface area (Å²) >= 11 is 0. The summed E-state index contributed by atoms with van der Waals surface area (Å²) in [5, 5.41) is 22.8. The minimum absolute atomic E-state index is 0.141. The fourth-order valence-electron chi connectivity index (χ4n) is 3.14. The Balaban J connectivity index is 2.07. The molecule has 0 aliphatic rings. The van der Waals surface area contributed by atoms with Gasteiger partial charge in [0.25, 0.3) is 11.4 Å². The number of nitrogens with zero attached hydrogens (tertiary/aromatic N) is 2. The Morgan fingerprint density at radius 1 is 0.882 bits per heavy atom. The lowest BCUT2D eigenvalue weighted by molar-refractivity contribution is -0.394. The minimum Gasteiger partial charge on any atom is -0.497 e. The van der Waals surface area contributed by atoms with E-state index < -0.39 is 39.1 Å². The fourth-order valence-corrected chi connectivity index (χ4v) is 3.14. The first-order chi connectivity index (χ1) is 16.2. The molecule has 1 unspecified atom stereocenters. The first-order valence-electron chi connectivity index (χ1n) is 9.79. The van der Waals surface area contributed by atoms with Gasteiger partial charge in [-0.3, -0.25) is 25.0 Å². The molecular weight excluding hydrogens is 444 g/mol. The highest BCUT2D eigenvalue weighted by Crippen LogP contribution is 2.36. The molecule has 0 aliphatic carbocycles. The second-order valence-electron chi connectivity index (χ2n) is 6.99. The standard InChI is InChI=1S/C24H18N2O8/c1-15(22(27)16-8-11-19(33-2)12-9-16)23(34-24(28)17-6-4-3-5-7-17)20-13-10-18(25(29)30)14-21(20)26(31)32/h3-14,23H,1H2,2H3. The van der Waals surface area contributed by atoms with Crippen molar-refractivity contribution in [3.05, 3.63) is 122 Å². The molecule has 0 aliphatic heterocycles. The van der Waals surface area contributed by atoms with Gasteiger partial charge in [-0.1, -0.05) is 24.8 Å². The topological polar surface area (TPSA) is 139 Å². The van der Waals surface area contributed by atoms with E-state index in [4.69, 9.17) is 9.47 Å². The molecule has 1 atom stereocenters. The SMILES string of the molecule is C=C(C(=O)c1ccc(OC)cc1)C(OC(=O)c1ccccc1)c1ccc([N+](=O)[O-])cc1[N+](=O)[O-]. The van der Waals surface area contributed by atoms with Crippen LogP contribution in [0, 0.1) is 20.2 Å². The van der Waals surface area contributed by atoms with Gasteiger partial charge in [0.15, 0.2) is 11.9 Å². The van der Waals surface area contributed by atoms with Crippen LogP contribution in [0.5, 0.6) is 5.75 Å². The maximum absolute atomic E-state index is 13.1. The van der Waals surface area contributed by atoms with Crippen molar-refractivity contribution in [2.24, 2.45) is 0 Å². The third-order valence-corrected chi connectivity index (χ3v) is 4.90. The molecule has 3 aromatic rings. The summed E-state index contributed by atoms with van der Waals surface area (Å²) in [5.41, 5.74) is -1.41. The number of esters is 1. The van der Waals surface area contributed by atoms with Gasteiger partial charge < -0.3 is 9.47 Å². The van der Waals surface area contributed by atoms with E-state index in [2.05, 4.69) is 6.58 Å². The summed E-state index contributed by atoms with van der Waals surface area (Å²) in [5.74, 6) is -0.997. The molecule has 0 saturated carbocycles. The van der Waals surface area contributed by atoms with Gasteiger partial charge in [0.1, 0.15) is 5.75 Å². The number of hydrogen-bond acceptors (Lipinski definition) is 8. The first kappa shape index (κ1) is 23.8. The zero-order valence-electron chi connectivity index (χ0n) is 17.9. The van der Waals surface area contributed by atoms with Gasteiger partial charge in [-0.15, -0.1) is 0 Å². The van der Waals surface area contributed by atoms with Crippen LogP contribution in [0.4, 0.5) is 11.4 Å². The maximum atomic E-state index is 13.1. The number of benzene rings is 3. The van der Waals surface area contributed by atoms with Crippen molar-refractivity contribution in [2.75, 3.05) is 7.11 Å². The van der Waals surface area contributed by atoms with Crippen molar-refractivity contribution in [2.45, 2.75) is 6.10 Å². The summed E-state index contributed by atoms with van der Waals surface area (Å²) < 4.78 is 10.6. The highest BCUT2D eigenvalue weighted by molar-refractivity contribution is 6.09. The third-order valence-electron chi connectivity index (χ3n) is 4.90. The van der Waals surface area contributed by atoms with Crippen LogP contribution >= 0.6 is 0 Å². The van der Waals surface area contributed by atoms with Crippen LogP contribution in [0.15, 0.2) is 84.9 Å². The Hall–Kier alpha value is -4.86. The van der Waals surface area contributed by atoms with E-state index in [9.17, 15) is 29.8 Å². The Bertz CT molecular complexity index is 1270. The number of ether oxygens (including phenoxy) is 2. The Morgan fingerprint density at radius 2 is 1.53 bits per heavy atom. The molecular formula is C24H18N2O8. The molecule has 0 saturated heterocycles. The number of carbonyl (C=O) groups excluding carboxylic acids is 2. The van der Waals surface area contributed by atoms with Gasteiger partial charge in [0.05, 0.1) is 34.1 Å². The van der Waals surface area contributed by atoms with Crippen molar-refractivity contribution in [3.8, 4) is 5.75 Å². The quantitative estimate of drug-likeness (QED) is 0.145. The summed E-state index contributed by atoms with van der Waals surface area (Å²) in [7, 11) is 1.46. The van der Waals surface area contributed by atoms with Crippen LogP contribution in [0.1, 0.15) is 32.4 Å². The predicted molar refractivity (Wildman–Crippen MR) is 121 cm³/mol. The normalized spacial score (nSPS) is 11.2. The molecule has 0 aromatic heterocycles. The van der Waals surface area contributed by atoms with Gasteiger partial charge in [0.2, 0.25) is 0 Å². The third kappa shape index (κ3) is 5.13. The molecule has 172 valence electrons. The fraction of sp³-hybridized carbons (Fsp3) is 0.0833. The molecule has 0 fully saturated rings. The summed E-state index contributed by atoms with van der Waals surface area (Å²) in [6, 6.07) is 16.7. The van der Waals surface area contributed by atoms with Crippen LogP contribution in [0.3, 0.4) is 0 Å². The van der Waals surface area contributed by atoms with Crippen molar-refractivity contribution in [3.63, 3.8) is 0 Å².